The van der Waals surface area contributed by atoms with Crippen molar-refractivity contribution in [2.24, 2.45) is 0 Å². The topological polar surface area (TPSA) is 43.6 Å². The van der Waals surface area contributed by atoms with Gasteiger partial charge in [0.15, 0.2) is 5.01 Å². The second kappa shape index (κ2) is 8.98. The molecule has 0 fully saturated rings. The maximum Gasteiger partial charge on any atom is 0.166 e. The monoisotopic (exact) mass is 536 g/mol. The van der Waals surface area contributed by atoms with Crippen molar-refractivity contribution in [2.45, 2.75) is 0 Å². The molecule has 8 rings (SSSR count). The third-order valence-corrected chi connectivity index (χ3v) is 9.22. The highest BCUT2D eigenvalue weighted by Crippen LogP contribution is 2.42. The summed E-state index contributed by atoms with van der Waals surface area (Å²) in [6, 6.07) is 42.3. The van der Waals surface area contributed by atoms with Gasteiger partial charge in [-0.1, -0.05) is 102 Å². The summed E-state index contributed by atoms with van der Waals surface area (Å²) in [5.41, 5.74) is 5.42. The van der Waals surface area contributed by atoms with Crippen LogP contribution in [0.5, 0.6) is 0 Å². The van der Waals surface area contributed by atoms with Crippen molar-refractivity contribution in [1.82, 2.24) is 19.7 Å². The van der Waals surface area contributed by atoms with Crippen molar-refractivity contribution in [2.75, 3.05) is 0 Å². The minimum absolute atomic E-state index is 0.810. The predicted octanol–water partition coefficient (Wildman–Crippen LogP) is 9.25. The Kier molecular flexibility index (Phi) is 5.14. The Morgan fingerprint density at radius 2 is 1.31 bits per heavy atom. The summed E-state index contributed by atoms with van der Waals surface area (Å²) < 4.78 is 3.57. The van der Waals surface area contributed by atoms with Crippen LogP contribution in [0.3, 0.4) is 0 Å². The van der Waals surface area contributed by atoms with Crippen molar-refractivity contribution in [3.8, 4) is 37.5 Å². The lowest BCUT2D eigenvalue weighted by molar-refractivity contribution is 1.06. The van der Waals surface area contributed by atoms with Gasteiger partial charge in [0, 0.05) is 25.9 Å². The lowest BCUT2D eigenvalue weighted by Gasteiger charge is -2.08. The molecule has 0 saturated carbocycles. The maximum absolute atomic E-state index is 5.10. The molecule has 39 heavy (non-hydrogen) atoms. The third-order valence-electron chi connectivity index (χ3n) is 7.01. The Morgan fingerprint density at radius 1 is 0.564 bits per heavy atom. The molecule has 0 spiro atoms. The number of para-hydroxylation sites is 1. The number of hydrogen-bond donors (Lipinski definition) is 0. The SMILES string of the molecule is c1ccc(-c2cc3ccc4c(c5ccccc5n4-c4cccc(-c5nnc(-c6ccccc6)s5)n4)c3s2)cc1. The zero-order chi connectivity index (χ0) is 25.8. The number of benzene rings is 4. The summed E-state index contributed by atoms with van der Waals surface area (Å²) in [6.07, 6.45) is 0. The van der Waals surface area contributed by atoms with Gasteiger partial charge in [-0.25, -0.2) is 4.98 Å². The average Bonchev–Trinajstić information content (AvgIpc) is 3.74. The molecule has 6 heteroatoms. The molecule has 4 aromatic heterocycles. The molecule has 0 aliphatic heterocycles. The molecule has 4 heterocycles. The number of pyridine rings is 1. The summed E-state index contributed by atoms with van der Waals surface area (Å²) in [6.45, 7) is 0. The molecule has 4 aromatic carbocycles. The number of hydrogen-bond acceptors (Lipinski definition) is 5. The van der Waals surface area contributed by atoms with Crippen molar-refractivity contribution < 1.29 is 0 Å². The zero-order valence-electron chi connectivity index (χ0n) is 20.7. The first-order valence-electron chi connectivity index (χ1n) is 12.7. The van der Waals surface area contributed by atoms with Gasteiger partial charge in [0.2, 0.25) is 0 Å². The van der Waals surface area contributed by atoms with E-state index in [2.05, 4.69) is 112 Å². The fourth-order valence-electron chi connectivity index (χ4n) is 5.23. The van der Waals surface area contributed by atoms with Gasteiger partial charge >= 0.3 is 0 Å². The molecular formula is C33H20N4S2. The van der Waals surface area contributed by atoms with Crippen LogP contribution < -0.4 is 0 Å². The van der Waals surface area contributed by atoms with Crippen molar-refractivity contribution in [3.63, 3.8) is 0 Å². The highest BCUT2D eigenvalue weighted by Gasteiger charge is 2.18. The first-order valence-corrected chi connectivity index (χ1v) is 14.3. The third kappa shape index (κ3) is 3.68. The number of aromatic nitrogens is 4. The van der Waals surface area contributed by atoms with E-state index >= 15 is 0 Å². The predicted molar refractivity (Wildman–Crippen MR) is 164 cm³/mol. The quantitative estimate of drug-likeness (QED) is 0.225. The van der Waals surface area contributed by atoms with E-state index in [-0.39, 0.29) is 0 Å². The first-order chi connectivity index (χ1) is 19.3. The molecule has 4 nitrogen and oxygen atoms in total. The van der Waals surface area contributed by atoms with Crippen LogP contribution in [0, 0.1) is 0 Å². The Labute approximate surface area is 232 Å². The summed E-state index contributed by atoms with van der Waals surface area (Å²) in [5, 5.41) is 14.4. The standard InChI is InChI=1S/C33H20N4S2/c1-3-10-21(11-4-1)28-20-23-18-19-27-30(31(23)38-28)24-14-7-8-16-26(24)37(27)29-17-9-15-25(34-29)33-36-35-32(39-33)22-12-5-2-6-13-22/h1-20H. The lowest BCUT2D eigenvalue weighted by atomic mass is 10.1. The van der Waals surface area contributed by atoms with E-state index in [4.69, 9.17) is 4.98 Å². The zero-order valence-corrected chi connectivity index (χ0v) is 22.3. The molecule has 0 N–H and O–H groups in total. The Balaban J connectivity index is 1.31. The number of rotatable bonds is 4. The molecule has 0 amide bonds. The highest BCUT2D eigenvalue weighted by molar-refractivity contribution is 7.23. The molecule has 0 radical (unpaired) electrons. The molecular weight excluding hydrogens is 517 g/mol. The molecule has 0 unspecified atom stereocenters. The van der Waals surface area contributed by atoms with Gasteiger partial charge in [0.05, 0.1) is 11.0 Å². The summed E-state index contributed by atoms with van der Waals surface area (Å²) in [5.74, 6) is 0.870. The van der Waals surface area contributed by atoms with Crippen molar-refractivity contribution in [3.05, 3.63) is 121 Å². The van der Waals surface area contributed by atoms with Crippen LogP contribution in [0.25, 0.3) is 69.4 Å². The largest absolute Gasteiger partial charge is 0.294 e. The summed E-state index contributed by atoms with van der Waals surface area (Å²) in [4.78, 5) is 6.38. The van der Waals surface area contributed by atoms with Crippen LogP contribution in [0.1, 0.15) is 0 Å². The Morgan fingerprint density at radius 3 is 2.15 bits per heavy atom. The van der Waals surface area contributed by atoms with Gasteiger partial charge in [-0.2, -0.15) is 0 Å². The van der Waals surface area contributed by atoms with E-state index in [1.54, 1.807) is 11.3 Å². The van der Waals surface area contributed by atoms with Crippen molar-refractivity contribution in [1.29, 1.82) is 0 Å². The first kappa shape index (κ1) is 22.3. The average molecular weight is 537 g/mol. The Hall–Kier alpha value is -4.65. The van der Waals surface area contributed by atoms with Crippen LogP contribution >= 0.6 is 22.7 Å². The van der Waals surface area contributed by atoms with Gasteiger partial charge in [0.1, 0.15) is 16.5 Å². The number of nitrogens with zero attached hydrogens (tertiary/aromatic N) is 4. The van der Waals surface area contributed by atoms with Crippen LogP contribution in [-0.2, 0) is 0 Å². The lowest BCUT2D eigenvalue weighted by Crippen LogP contribution is -1.98. The molecule has 0 saturated heterocycles. The molecule has 0 aliphatic carbocycles. The molecule has 184 valence electrons. The number of fused-ring (bicyclic) bond motifs is 5. The minimum atomic E-state index is 0.810. The van der Waals surface area contributed by atoms with Gasteiger partial charge in [-0.05, 0) is 41.3 Å². The maximum atomic E-state index is 5.10. The van der Waals surface area contributed by atoms with E-state index in [9.17, 15) is 0 Å². The second-order valence-corrected chi connectivity index (χ2v) is 11.4. The van der Waals surface area contributed by atoms with E-state index in [0.29, 0.717) is 0 Å². The summed E-state index contributed by atoms with van der Waals surface area (Å²) in [7, 11) is 0. The van der Waals surface area contributed by atoms with E-state index in [1.165, 1.54) is 31.3 Å². The molecule has 0 bridgehead atoms. The normalized spacial score (nSPS) is 11.6. The van der Waals surface area contributed by atoms with Crippen LogP contribution in [0.15, 0.2) is 121 Å². The van der Waals surface area contributed by atoms with E-state index in [1.807, 2.05) is 35.6 Å². The highest BCUT2D eigenvalue weighted by atomic mass is 32.1. The van der Waals surface area contributed by atoms with Crippen LogP contribution in [0.4, 0.5) is 0 Å². The van der Waals surface area contributed by atoms with Crippen molar-refractivity contribution >= 4 is 54.6 Å². The van der Waals surface area contributed by atoms with Gasteiger partial charge in [-0.15, -0.1) is 21.5 Å². The fraction of sp³-hybridized carbons (Fsp3) is 0. The minimum Gasteiger partial charge on any atom is -0.294 e. The van der Waals surface area contributed by atoms with E-state index < -0.39 is 0 Å². The summed E-state index contributed by atoms with van der Waals surface area (Å²) >= 11 is 3.42. The fourth-order valence-corrected chi connectivity index (χ4v) is 7.27. The second-order valence-electron chi connectivity index (χ2n) is 9.37. The van der Waals surface area contributed by atoms with Crippen LogP contribution in [-0.4, -0.2) is 19.7 Å². The van der Waals surface area contributed by atoms with Crippen LogP contribution in [0.2, 0.25) is 0 Å². The number of thiophene rings is 1. The Bertz CT molecular complexity index is 2120. The molecule has 0 aliphatic rings. The smallest absolute Gasteiger partial charge is 0.166 e. The van der Waals surface area contributed by atoms with Gasteiger partial charge < -0.3 is 0 Å². The van der Waals surface area contributed by atoms with E-state index in [0.717, 1.165) is 38.1 Å². The molecule has 8 aromatic rings. The van der Waals surface area contributed by atoms with Gasteiger partial charge in [0.25, 0.3) is 0 Å². The van der Waals surface area contributed by atoms with Gasteiger partial charge in [-0.3, -0.25) is 4.57 Å². The molecule has 0 atom stereocenters.